The number of ether oxygens (including phenoxy) is 1. The van der Waals surface area contributed by atoms with Gasteiger partial charge in [-0.25, -0.2) is 4.68 Å². The minimum absolute atomic E-state index is 0.161. The van der Waals surface area contributed by atoms with Gasteiger partial charge >= 0.3 is 5.97 Å². The minimum atomic E-state index is -0.238. The van der Waals surface area contributed by atoms with Gasteiger partial charge < -0.3 is 10.1 Å². The number of unbranched alkanes of at least 4 members (excludes halogenated alkanes) is 1. The predicted octanol–water partition coefficient (Wildman–Crippen LogP) is 4.13. The number of nitrogens with zero attached hydrogens (tertiary/aromatic N) is 2. The van der Waals surface area contributed by atoms with E-state index in [2.05, 4.69) is 15.2 Å². The number of rotatable bonds is 8. The van der Waals surface area contributed by atoms with Gasteiger partial charge in [0.2, 0.25) is 0 Å². The number of halogens is 2. The average Bonchev–Trinajstić information content (AvgIpc) is 3.39. The molecule has 0 saturated heterocycles. The van der Waals surface area contributed by atoms with E-state index >= 15 is 0 Å². The fourth-order valence-corrected chi connectivity index (χ4v) is 3.41. The second-order valence-corrected chi connectivity index (χ2v) is 7.36. The zero-order chi connectivity index (χ0) is 19.4. The van der Waals surface area contributed by atoms with Crippen LogP contribution in [0.25, 0.3) is 5.69 Å². The molecule has 0 atom stereocenters. The molecule has 27 heavy (non-hydrogen) atoms. The highest BCUT2D eigenvalue weighted by Gasteiger charge is 2.33. The van der Waals surface area contributed by atoms with Gasteiger partial charge in [-0.15, -0.1) is 0 Å². The summed E-state index contributed by atoms with van der Waals surface area (Å²) in [5.41, 5.74) is 2.16. The summed E-state index contributed by atoms with van der Waals surface area (Å²) in [5, 5.41) is 8.35. The topological polar surface area (TPSA) is 73.2 Å². The number of hydrogen-bond acceptors (Lipinski definition) is 4. The number of hydrogen-bond donors (Lipinski definition) is 1. The van der Waals surface area contributed by atoms with Gasteiger partial charge in [-0.3, -0.25) is 9.59 Å². The lowest BCUT2D eigenvalue weighted by atomic mass is 10.1. The van der Waals surface area contributed by atoms with Crippen LogP contribution in [-0.4, -0.2) is 35.3 Å². The molecule has 1 aliphatic rings. The fourth-order valence-electron chi connectivity index (χ4n) is 2.92. The maximum absolute atomic E-state index is 12.6. The molecule has 0 aliphatic heterocycles. The van der Waals surface area contributed by atoms with Crippen molar-refractivity contribution < 1.29 is 14.3 Å². The van der Waals surface area contributed by atoms with Crippen molar-refractivity contribution >= 4 is 35.1 Å². The maximum atomic E-state index is 12.6. The van der Waals surface area contributed by atoms with Crippen LogP contribution in [0.5, 0.6) is 0 Å². The zero-order valence-corrected chi connectivity index (χ0v) is 16.5. The molecule has 144 valence electrons. The lowest BCUT2D eigenvalue weighted by molar-refractivity contribution is -0.140. The number of methoxy groups -OCH3 is 1. The summed E-state index contributed by atoms with van der Waals surface area (Å²) in [4.78, 5) is 23.7. The largest absolute Gasteiger partial charge is 0.469 e. The fraction of sp³-hybridized carbons (Fsp3) is 0.421. The van der Waals surface area contributed by atoms with Gasteiger partial charge in [0, 0.05) is 23.9 Å². The number of carbonyl (C=O) groups is 2. The van der Waals surface area contributed by atoms with E-state index in [-0.39, 0.29) is 11.9 Å². The second-order valence-electron chi connectivity index (χ2n) is 6.51. The van der Waals surface area contributed by atoms with E-state index in [0.29, 0.717) is 53.0 Å². The Morgan fingerprint density at radius 3 is 2.74 bits per heavy atom. The molecule has 1 aliphatic carbocycles. The molecule has 1 fully saturated rings. The van der Waals surface area contributed by atoms with Crippen molar-refractivity contribution in [1.29, 1.82) is 0 Å². The molecule has 1 N–H and O–H groups in total. The van der Waals surface area contributed by atoms with Crippen LogP contribution in [0.2, 0.25) is 10.0 Å². The van der Waals surface area contributed by atoms with Crippen molar-refractivity contribution in [3.05, 3.63) is 45.7 Å². The first-order valence-corrected chi connectivity index (χ1v) is 9.65. The van der Waals surface area contributed by atoms with E-state index in [4.69, 9.17) is 23.2 Å². The third-order valence-corrected chi connectivity index (χ3v) is 5.01. The van der Waals surface area contributed by atoms with E-state index in [9.17, 15) is 9.59 Å². The van der Waals surface area contributed by atoms with Crippen LogP contribution in [0.15, 0.2) is 24.4 Å². The van der Waals surface area contributed by atoms with E-state index in [0.717, 1.165) is 18.5 Å². The number of nitrogens with one attached hydrogen (secondary N) is 1. The average molecular weight is 410 g/mol. The SMILES string of the molecule is COC(=O)CCCCNC(=O)c1cnn(-c2ccc(Cl)cc2Cl)c1C1CC1. The Morgan fingerprint density at radius 1 is 1.30 bits per heavy atom. The Labute approximate surface area is 167 Å². The van der Waals surface area contributed by atoms with Crippen molar-refractivity contribution in [3.63, 3.8) is 0 Å². The van der Waals surface area contributed by atoms with E-state index in [1.54, 1.807) is 29.1 Å². The minimum Gasteiger partial charge on any atom is -0.469 e. The van der Waals surface area contributed by atoms with Gasteiger partial charge in [0.1, 0.15) is 0 Å². The van der Waals surface area contributed by atoms with Crippen LogP contribution in [-0.2, 0) is 9.53 Å². The van der Waals surface area contributed by atoms with Crippen molar-refractivity contribution in [3.8, 4) is 5.69 Å². The molecule has 0 radical (unpaired) electrons. The van der Waals surface area contributed by atoms with E-state index in [1.165, 1.54) is 7.11 Å². The van der Waals surface area contributed by atoms with Crippen molar-refractivity contribution in [2.45, 2.75) is 38.0 Å². The lowest BCUT2D eigenvalue weighted by Crippen LogP contribution is -2.25. The summed E-state index contributed by atoms with van der Waals surface area (Å²) >= 11 is 12.3. The van der Waals surface area contributed by atoms with Gasteiger partial charge in [-0.1, -0.05) is 23.2 Å². The van der Waals surface area contributed by atoms with Crippen LogP contribution < -0.4 is 5.32 Å². The lowest BCUT2D eigenvalue weighted by Gasteiger charge is -2.11. The summed E-state index contributed by atoms with van der Waals surface area (Å²) in [6.07, 6.45) is 5.36. The summed E-state index contributed by atoms with van der Waals surface area (Å²) in [7, 11) is 1.37. The highest BCUT2D eigenvalue weighted by Crippen LogP contribution is 2.43. The first kappa shape index (κ1) is 19.7. The van der Waals surface area contributed by atoms with E-state index in [1.807, 2.05) is 0 Å². The third kappa shape index (κ3) is 4.82. The van der Waals surface area contributed by atoms with Crippen molar-refractivity contribution in [2.24, 2.45) is 0 Å². The molecule has 0 unspecified atom stereocenters. The molecule has 1 aromatic heterocycles. The van der Waals surface area contributed by atoms with Crippen molar-refractivity contribution in [2.75, 3.05) is 13.7 Å². The van der Waals surface area contributed by atoms with Crippen molar-refractivity contribution in [1.82, 2.24) is 15.1 Å². The Morgan fingerprint density at radius 2 is 2.07 bits per heavy atom. The molecule has 1 amide bonds. The molecule has 6 nitrogen and oxygen atoms in total. The smallest absolute Gasteiger partial charge is 0.305 e. The number of carbonyl (C=O) groups excluding carboxylic acids is 2. The Kier molecular flexibility index (Phi) is 6.39. The standard InChI is InChI=1S/C19H21Cl2N3O3/c1-27-17(25)4-2-3-9-22-19(26)14-11-23-24(18(14)12-5-6-12)16-8-7-13(20)10-15(16)21/h7-8,10-12H,2-6,9H2,1H3,(H,22,26). The molecule has 1 saturated carbocycles. The summed E-state index contributed by atoms with van der Waals surface area (Å²) in [6, 6.07) is 5.22. The highest BCUT2D eigenvalue weighted by atomic mass is 35.5. The van der Waals surface area contributed by atoms with Gasteiger partial charge in [-0.05, 0) is 43.9 Å². The predicted molar refractivity (Wildman–Crippen MR) is 104 cm³/mol. The number of aromatic nitrogens is 2. The van der Waals surface area contributed by atoms with Crippen LogP contribution in [0.3, 0.4) is 0 Å². The molecular formula is C19H21Cl2N3O3. The van der Waals surface area contributed by atoms with Gasteiger partial charge in [-0.2, -0.15) is 5.10 Å². The molecule has 0 spiro atoms. The molecule has 1 heterocycles. The normalized spacial score (nSPS) is 13.4. The van der Waals surface area contributed by atoms with Gasteiger partial charge in [0.25, 0.3) is 5.91 Å². The van der Waals surface area contributed by atoms with Crippen LogP contribution in [0.4, 0.5) is 0 Å². The number of amides is 1. The summed E-state index contributed by atoms with van der Waals surface area (Å²) in [6.45, 7) is 0.493. The number of esters is 1. The van der Waals surface area contributed by atoms with E-state index < -0.39 is 0 Å². The number of benzene rings is 1. The first-order chi connectivity index (χ1) is 13.0. The van der Waals surface area contributed by atoms with Crippen LogP contribution in [0.1, 0.15) is 54.1 Å². The van der Waals surface area contributed by atoms with Crippen LogP contribution >= 0.6 is 23.2 Å². The molecule has 8 heteroatoms. The maximum Gasteiger partial charge on any atom is 0.305 e. The Hall–Kier alpha value is -2.05. The quantitative estimate of drug-likeness (QED) is 0.525. The Balaban J connectivity index is 1.70. The van der Waals surface area contributed by atoms with Gasteiger partial charge in [0.15, 0.2) is 0 Å². The second kappa shape index (κ2) is 8.76. The summed E-state index contributed by atoms with van der Waals surface area (Å²) in [5.74, 6) is -0.0934. The summed E-state index contributed by atoms with van der Waals surface area (Å²) < 4.78 is 6.34. The Bertz CT molecular complexity index is 847. The molecule has 1 aromatic carbocycles. The van der Waals surface area contributed by atoms with Crippen LogP contribution in [0, 0.1) is 0 Å². The highest BCUT2D eigenvalue weighted by molar-refractivity contribution is 6.35. The monoisotopic (exact) mass is 409 g/mol. The molecule has 2 aromatic rings. The third-order valence-electron chi connectivity index (χ3n) is 4.47. The van der Waals surface area contributed by atoms with Gasteiger partial charge in [0.05, 0.1) is 35.3 Å². The first-order valence-electron chi connectivity index (χ1n) is 8.89. The molecule has 3 rings (SSSR count). The zero-order valence-electron chi connectivity index (χ0n) is 15.0. The molecule has 0 bridgehead atoms. The molecular weight excluding hydrogens is 389 g/mol.